The van der Waals surface area contributed by atoms with Crippen molar-refractivity contribution in [1.29, 1.82) is 0 Å². The number of hydrogen-bond donors (Lipinski definition) is 2. The van der Waals surface area contributed by atoms with E-state index in [1.54, 1.807) is 12.1 Å². The molecule has 1 aliphatic rings. The molecule has 1 aromatic carbocycles. The number of benzene rings is 1. The maximum absolute atomic E-state index is 13.7. The fourth-order valence-electron chi connectivity index (χ4n) is 2.00. The molecular weight excluding hydrogens is 271 g/mol. The highest BCUT2D eigenvalue weighted by molar-refractivity contribution is 9.10. The van der Waals surface area contributed by atoms with Crippen molar-refractivity contribution in [1.82, 2.24) is 5.32 Å². The molecule has 1 aliphatic heterocycles. The molecule has 88 valence electrons. The summed E-state index contributed by atoms with van der Waals surface area (Å²) in [7, 11) is 0. The Bertz CT molecular complexity index is 349. The summed E-state index contributed by atoms with van der Waals surface area (Å²) in [6.07, 6.45) is 3.29. The van der Waals surface area contributed by atoms with E-state index in [0.717, 1.165) is 32.4 Å². The van der Waals surface area contributed by atoms with Crippen molar-refractivity contribution in [3.8, 4) is 0 Å². The Kier molecular flexibility index (Phi) is 4.18. The van der Waals surface area contributed by atoms with E-state index < -0.39 is 0 Å². The van der Waals surface area contributed by atoms with Gasteiger partial charge in [-0.2, -0.15) is 0 Å². The molecule has 16 heavy (non-hydrogen) atoms. The van der Waals surface area contributed by atoms with Crippen LogP contribution in [0.1, 0.15) is 19.3 Å². The molecule has 0 saturated carbocycles. The zero-order valence-corrected chi connectivity index (χ0v) is 10.7. The Morgan fingerprint density at radius 3 is 3.06 bits per heavy atom. The van der Waals surface area contributed by atoms with Crippen LogP contribution in [0.3, 0.4) is 0 Å². The molecule has 4 heteroatoms. The third-order valence-corrected chi connectivity index (χ3v) is 3.50. The van der Waals surface area contributed by atoms with Gasteiger partial charge in [-0.15, -0.1) is 0 Å². The predicted octanol–water partition coefficient (Wildman–Crippen LogP) is 3.14. The summed E-state index contributed by atoms with van der Waals surface area (Å²) in [6.45, 7) is 2.08. The summed E-state index contributed by atoms with van der Waals surface area (Å²) in [6, 6.07) is 5.73. The Hall–Kier alpha value is -0.610. The molecule has 2 N–H and O–H groups in total. The topological polar surface area (TPSA) is 24.1 Å². The quantitative estimate of drug-likeness (QED) is 0.873. The van der Waals surface area contributed by atoms with E-state index in [1.807, 2.05) is 6.07 Å². The number of nitrogens with one attached hydrogen (secondary N) is 2. The van der Waals surface area contributed by atoms with Gasteiger partial charge in [0.1, 0.15) is 0 Å². The Morgan fingerprint density at radius 2 is 2.19 bits per heavy atom. The summed E-state index contributed by atoms with van der Waals surface area (Å²) < 4.78 is 14.3. The highest BCUT2D eigenvalue weighted by Gasteiger charge is 2.14. The van der Waals surface area contributed by atoms with Crippen molar-refractivity contribution in [3.05, 3.63) is 28.5 Å². The first-order valence-corrected chi connectivity index (χ1v) is 6.48. The second-order valence-corrected chi connectivity index (χ2v) is 4.98. The summed E-state index contributed by atoms with van der Waals surface area (Å²) >= 11 is 3.20. The summed E-state index contributed by atoms with van der Waals surface area (Å²) in [5, 5.41) is 6.63. The van der Waals surface area contributed by atoms with Gasteiger partial charge in [-0.1, -0.05) is 6.07 Å². The lowest BCUT2D eigenvalue weighted by Gasteiger charge is -2.18. The lowest BCUT2D eigenvalue weighted by Crippen LogP contribution is -2.22. The Balaban J connectivity index is 2.04. The second kappa shape index (κ2) is 5.64. The van der Waals surface area contributed by atoms with Gasteiger partial charge in [0.15, 0.2) is 5.82 Å². The van der Waals surface area contributed by atoms with Crippen molar-refractivity contribution >= 4 is 21.6 Å². The molecule has 0 radical (unpaired) electrons. The van der Waals surface area contributed by atoms with E-state index in [-0.39, 0.29) is 5.82 Å². The normalized spacial score (nSPS) is 21.5. The lowest BCUT2D eigenvalue weighted by molar-refractivity contribution is 0.602. The fourth-order valence-corrected chi connectivity index (χ4v) is 2.36. The smallest absolute Gasteiger partial charge is 0.160 e. The van der Waals surface area contributed by atoms with Crippen molar-refractivity contribution in [2.45, 2.75) is 25.3 Å². The summed E-state index contributed by atoms with van der Waals surface area (Å²) in [5.41, 5.74) is 0.598. The van der Waals surface area contributed by atoms with Gasteiger partial charge in [-0.25, -0.2) is 4.39 Å². The molecule has 1 saturated heterocycles. The van der Waals surface area contributed by atoms with Crippen LogP contribution in [0.15, 0.2) is 22.7 Å². The molecule has 1 aromatic rings. The molecule has 0 aliphatic carbocycles. The van der Waals surface area contributed by atoms with Crippen molar-refractivity contribution in [2.24, 2.45) is 0 Å². The maximum atomic E-state index is 13.7. The SMILES string of the molecule is Fc1c(Br)cccc1NC1CCCNCC1. The number of rotatable bonds is 2. The standard InChI is InChI=1S/C12H16BrFN2/c13-10-4-1-5-11(12(10)14)16-9-3-2-7-15-8-6-9/h1,4-5,9,15-16H,2-3,6-8H2. The number of anilines is 1. The first kappa shape index (κ1) is 11.9. The zero-order chi connectivity index (χ0) is 11.4. The molecule has 1 atom stereocenters. The molecular formula is C12H16BrFN2. The lowest BCUT2D eigenvalue weighted by atomic mass is 10.1. The largest absolute Gasteiger partial charge is 0.380 e. The van der Waals surface area contributed by atoms with Crippen molar-refractivity contribution < 1.29 is 4.39 Å². The Labute approximate surface area is 104 Å². The van der Waals surface area contributed by atoms with Crippen molar-refractivity contribution in [2.75, 3.05) is 18.4 Å². The van der Waals surface area contributed by atoms with E-state index in [9.17, 15) is 4.39 Å². The number of hydrogen-bond acceptors (Lipinski definition) is 2. The average molecular weight is 287 g/mol. The van der Waals surface area contributed by atoms with Crippen LogP contribution in [0.4, 0.5) is 10.1 Å². The molecule has 0 aromatic heterocycles. The molecule has 1 heterocycles. The minimum Gasteiger partial charge on any atom is -0.380 e. The molecule has 1 fully saturated rings. The van der Waals surface area contributed by atoms with Crippen LogP contribution < -0.4 is 10.6 Å². The minimum absolute atomic E-state index is 0.195. The van der Waals surface area contributed by atoms with Crippen LogP contribution in [0, 0.1) is 5.82 Å². The highest BCUT2D eigenvalue weighted by Crippen LogP contribution is 2.24. The van der Waals surface area contributed by atoms with Gasteiger partial charge < -0.3 is 10.6 Å². The van der Waals surface area contributed by atoms with Crippen LogP contribution >= 0.6 is 15.9 Å². The zero-order valence-electron chi connectivity index (χ0n) is 9.10. The van der Waals surface area contributed by atoms with Gasteiger partial charge in [-0.05, 0) is 60.4 Å². The highest BCUT2D eigenvalue weighted by atomic mass is 79.9. The molecule has 2 rings (SSSR count). The van der Waals surface area contributed by atoms with Crippen LogP contribution in [0.25, 0.3) is 0 Å². The summed E-state index contributed by atoms with van der Waals surface area (Å²) in [4.78, 5) is 0. The van der Waals surface area contributed by atoms with Gasteiger partial charge in [0.05, 0.1) is 10.2 Å². The Morgan fingerprint density at radius 1 is 1.31 bits per heavy atom. The van der Waals surface area contributed by atoms with Crippen LogP contribution in [0.5, 0.6) is 0 Å². The van der Waals surface area contributed by atoms with Gasteiger partial charge in [0.25, 0.3) is 0 Å². The molecule has 2 nitrogen and oxygen atoms in total. The first-order chi connectivity index (χ1) is 7.77. The third kappa shape index (κ3) is 2.95. The third-order valence-electron chi connectivity index (χ3n) is 2.89. The number of halogens is 2. The first-order valence-electron chi connectivity index (χ1n) is 5.68. The van der Waals surface area contributed by atoms with Crippen LogP contribution in [-0.2, 0) is 0 Å². The van der Waals surface area contributed by atoms with Gasteiger partial charge in [0.2, 0.25) is 0 Å². The molecule has 0 bridgehead atoms. The van der Waals surface area contributed by atoms with E-state index in [1.165, 1.54) is 0 Å². The van der Waals surface area contributed by atoms with Gasteiger partial charge in [0, 0.05) is 6.04 Å². The van der Waals surface area contributed by atoms with E-state index in [0.29, 0.717) is 16.2 Å². The minimum atomic E-state index is -0.195. The van der Waals surface area contributed by atoms with E-state index in [2.05, 4.69) is 26.6 Å². The van der Waals surface area contributed by atoms with Crippen LogP contribution in [-0.4, -0.2) is 19.1 Å². The average Bonchev–Trinajstić information content (AvgIpc) is 2.53. The predicted molar refractivity (Wildman–Crippen MR) is 68.2 cm³/mol. The maximum Gasteiger partial charge on any atom is 0.160 e. The van der Waals surface area contributed by atoms with Crippen molar-refractivity contribution in [3.63, 3.8) is 0 Å². The molecule has 1 unspecified atom stereocenters. The van der Waals surface area contributed by atoms with Gasteiger partial charge in [-0.3, -0.25) is 0 Å². The van der Waals surface area contributed by atoms with Gasteiger partial charge >= 0.3 is 0 Å². The second-order valence-electron chi connectivity index (χ2n) is 4.12. The fraction of sp³-hybridized carbons (Fsp3) is 0.500. The van der Waals surface area contributed by atoms with Crippen LogP contribution in [0.2, 0.25) is 0 Å². The molecule has 0 spiro atoms. The van der Waals surface area contributed by atoms with E-state index in [4.69, 9.17) is 0 Å². The van der Waals surface area contributed by atoms with E-state index >= 15 is 0 Å². The monoisotopic (exact) mass is 286 g/mol. The molecule has 0 amide bonds. The summed E-state index contributed by atoms with van der Waals surface area (Å²) in [5.74, 6) is -0.195.